The summed E-state index contributed by atoms with van der Waals surface area (Å²) in [4.78, 5) is 1.30. The van der Waals surface area contributed by atoms with Gasteiger partial charge in [0.1, 0.15) is 0 Å². The normalized spacial score (nSPS) is 30.7. The molecule has 1 aromatic carbocycles. The van der Waals surface area contributed by atoms with E-state index in [1.165, 1.54) is 10.6 Å². The van der Waals surface area contributed by atoms with Crippen molar-refractivity contribution in [1.82, 2.24) is 0 Å². The summed E-state index contributed by atoms with van der Waals surface area (Å²) >= 11 is 1.78. The first kappa shape index (κ1) is 13.3. The number of benzene rings is 1. The van der Waals surface area contributed by atoms with Crippen molar-refractivity contribution in [3.8, 4) is 0 Å². The van der Waals surface area contributed by atoms with Gasteiger partial charge in [-0.2, -0.15) is 0 Å². The number of thioether (sulfide) groups is 1. The molecule has 104 valence electrons. The smallest absolute Gasteiger partial charge is 0.0956 e. The van der Waals surface area contributed by atoms with E-state index in [0.29, 0.717) is 6.04 Å². The summed E-state index contributed by atoms with van der Waals surface area (Å²) in [7, 11) is 0. The molecule has 0 aliphatic carbocycles. The van der Waals surface area contributed by atoms with Gasteiger partial charge in [0, 0.05) is 36.3 Å². The monoisotopic (exact) mass is 279 g/mol. The second kappa shape index (κ2) is 5.73. The van der Waals surface area contributed by atoms with Crippen LogP contribution >= 0.6 is 11.8 Å². The summed E-state index contributed by atoms with van der Waals surface area (Å²) in [6.07, 6.45) is 5.27. The van der Waals surface area contributed by atoms with Gasteiger partial charge in [-0.05, 0) is 37.3 Å². The van der Waals surface area contributed by atoms with Crippen LogP contribution in [0.4, 0.5) is 5.69 Å². The maximum atomic E-state index is 5.97. The predicted octanol–water partition coefficient (Wildman–Crippen LogP) is 3.16. The largest absolute Gasteiger partial charge is 0.382 e. The second-order valence-corrected chi connectivity index (χ2v) is 6.28. The first-order valence-electron chi connectivity index (χ1n) is 6.92. The topological polar surface area (TPSA) is 30.5 Å². The quantitative estimate of drug-likeness (QED) is 0.861. The highest BCUT2D eigenvalue weighted by Gasteiger charge is 2.40. The Kier molecular flexibility index (Phi) is 4.01. The fourth-order valence-corrected chi connectivity index (χ4v) is 3.42. The molecule has 1 N–H and O–H groups in total. The molecule has 2 atom stereocenters. The minimum absolute atomic E-state index is 0.0208. The molecule has 2 heterocycles. The van der Waals surface area contributed by atoms with Crippen molar-refractivity contribution >= 4 is 17.4 Å². The van der Waals surface area contributed by atoms with Gasteiger partial charge in [-0.25, -0.2) is 0 Å². The van der Waals surface area contributed by atoms with Crippen molar-refractivity contribution in [1.29, 1.82) is 0 Å². The molecule has 0 amide bonds. The number of hydrogen-bond donors (Lipinski definition) is 1. The van der Waals surface area contributed by atoms with Crippen LogP contribution in [0.1, 0.15) is 19.3 Å². The number of rotatable bonds is 3. The summed E-state index contributed by atoms with van der Waals surface area (Å²) in [5, 5.41) is 3.66. The maximum Gasteiger partial charge on any atom is 0.0956 e. The molecule has 2 saturated heterocycles. The van der Waals surface area contributed by atoms with E-state index in [1.807, 2.05) is 0 Å². The number of ether oxygens (including phenoxy) is 2. The standard InChI is InChI=1S/C15H21NO2S/c1-19-14-4-2-3-12(9-14)16-13-5-7-18-15(10-13)6-8-17-11-15/h2-4,9,13,16H,5-8,10-11H2,1H3. The van der Waals surface area contributed by atoms with E-state index in [9.17, 15) is 0 Å². The molecular formula is C15H21NO2S. The fraction of sp³-hybridized carbons (Fsp3) is 0.600. The van der Waals surface area contributed by atoms with E-state index in [2.05, 4.69) is 35.8 Å². The van der Waals surface area contributed by atoms with Crippen molar-refractivity contribution in [2.45, 2.75) is 35.8 Å². The lowest BCUT2D eigenvalue weighted by Gasteiger charge is -2.37. The van der Waals surface area contributed by atoms with Gasteiger partial charge >= 0.3 is 0 Å². The summed E-state index contributed by atoms with van der Waals surface area (Å²) < 4.78 is 11.5. The zero-order chi connectivity index (χ0) is 13.1. The molecule has 4 heteroatoms. The molecule has 19 heavy (non-hydrogen) atoms. The molecule has 2 aliphatic rings. The highest BCUT2D eigenvalue weighted by molar-refractivity contribution is 7.98. The Balaban J connectivity index is 1.65. The number of anilines is 1. The molecule has 1 aromatic rings. The number of hydrogen-bond acceptors (Lipinski definition) is 4. The zero-order valence-corrected chi connectivity index (χ0v) is 12.2. The van der Waals surface area contributed by atoms with Crippen LogP contribution < -0.4 is 5.32 Å². The minimum atomic E-state index is -0.0208. The van der Waals surface area contributed by atoms with Gasteiger partial charge in [0.15, 0.2) is 0 Å². The Hall–Kier alpha value is -0.710. The fourth-order valence-electron chi connectivity index (χ4n) is 2.96. The van der Waals surface area contributed by atoms with Crippen LogP contribution in [-0.4, -0.2) is 37.7 Å². The third kappa shape index (κ3) is 3.07. The van der Waals surface area contributed by atoms with Gasteiger partial charge < -0.3 is 14.8 Å². The lowest BCUT2D eigenvalue weighted by atomic mass is 9.89. The molecule has 2 unspecified atom stereocenters. The van der Waals surface area contributed by atoms with Gasteiger partial charge in [-0.3, -0.25) is 0 Å². The average Bonchev–Trinajstić information content (AvgIpc) is 2.87. The highest BCUT2D eigenvalue weighted by atomic mass is 32.2. The summed E-state index contributed by atoms with van der Waals surface area (Å²) in [6.45, 7) is 2.44. The SMILES string of the molecule is CSc1cccc(NC2CCOC3(CCOC3)C2)c1. The second-order valence-electron chi connectivity index (χ2n) is 5.40. The van der Waals surface area contributed by atoms with Crippen molar-refractivity contribution in [3.05, 3.63) is 24.3 Å². The van der Waals surface area contributed by atoms with Crippen LogP contribution in [0.15, 0.2) is 29.2 Å². The Morgan fingerprint density at radius 2 is 2.32 bits per heavy atom. The van der Waals surface area contributed by atoms with Crippen LogP contribution in [0.25, 0.3) is 0 Å². The highest BCUT2D eigenvalue weighted by Crippen LogP contribution is 2.34. The molecule has 0 bridgehead atoms. The van der Waals surface area contributed by atoms with Crippen molar-refractivity contribution in [2.24, 2.45) is 0 Å². The van der Waals surface area contributed by atoms with Crippen LogP contribution in [0.3, 0.4) is 0 Å². The average molecular weight is 279 g/mol. The van der Waals surface area contributed by atoms with E-state index in [0.717, 1.165) is 39.1 Å². The molecular weight excluding hydrogens is 258 g/mol. The Labute approximate surface area is 119 Å². The van der Waals surface area contributed by atoms with E-state index < -0.39 is 0 Å². The predicted molar refractivity (Wildman–Crippen MR) is 79.0 cm³/mol. The molecule has 2 fully saturated rings. The first-order valence-corrected chi connectivity index (χ1v) is 8.14. The number of nitrogens with one attached hydrogen (secondary N) is 1. The van der Waals surface area contributed by atoms with Gasteiger partial charge in [-0.1, -0.05) is 6.07 Å². The lowest BCUT2D eigenvalue weighted by molar-refractivity contribution is -0.0828. The van der Waals surface area contributed by atoms with Crippen molar-refractivity contribution in [3.63, 3.8) is 0 Å². The van der Waals surface area contributed by atoms with Gasteiger partial charge in [0.25, 0.3) is 0 Å². The van der Waals surface area contributed by atoms with Gasteiger partial charge in [0.05, 0.1) is 12.2 Å². The molecule has 0 aromatic heterocycles. The molecule has 3 nitrogen and oxygen atoms in total. The van der Waals surface area contributed by atoms with Crippen LogP contribution in [0.2, 0.25) is 0 Å². The van der Waals surface area contributed by atoms with Gasteiger partial charge in [0.2, 0.25) is 0 Å². The molecule has 0 radical (unpaired) electrons. The zero-order valence-electron chi connectivity index (χ0n) is 11.4. The van der Waals surface area contributed by atoms with Crippen molar-refractivity contribution < 1.29 is 9.47 Å². The van der Waals surface area contributed by atoms with E-state index in [4.69, 9.17) is 9.47 Å². The Morgan fingerprint density at radius 3 is 3.11 bits per heavy atom. The van der Waals surface area contributed by atoms with Gasteiger partial charge in [-0.15, -0.1) is 11.8 Å². The maximum absolute atomic E-state index is 5.97. The minimum Gasteiger partial charge on any atom is -0.382 e. The van der Waals surface area contributed by atoms with E-state index in [1.54, 1.807) is 11.8 Å². The van der Waals surface area contributed by atoms with Crippen LogP contribution in [-0.2, 0) is 9.47 Å². The van der Waals surface area contributed by atoms with Crippen LogP contribution in [0, 0.1) is 0 Å². The van der Waals surface area contributed by atoms with E-state index >= 15 is 0 Å². The Morgan fingerprint density at radius 1 is 1.37 bits per heavy atom. The third-order valence-electron chi connectivity index (χ3n) is 4.00. The Bertz CT molecular complexity index is 432. The lowest BCUT2D eigenvalue weighted by Crippen LogP contribution is -2.44. The molecule has 3 rings (SSSR count). The van der Waals surface area contributed by atoms with E-state index in [-0.39, 0.29) is 5.60 Å². The van der Waals surface area contributed by atoms with Crippen molar-refractivity contribution in [2.75, 3.05) is 31.4 Å². The summed E-state index contributed by atoms with van der Waals surface area (Å²) in [5.74, 6) is 0. The molecule has 1 spiro atoms. The summed E-state index contributed by atoms with van der Waals surface area (Å²) in [6, 6.07) is 9.12. The molecule has 0 saturated carbocycles. The molecule has 2 aliphatic heterocycles. The summed E-state index contributed by atoms with van der Waals surface area (Å²) in [5.41, 5.74) is 1.19. The first-order chi connectivity index (χ1) is 9.30. The van der Waals surface area contributed by atoms with Crippen LogP contribution in [0.5, 0.6) is 0 Å². The third-order valence-corrected chi connectivity index (χ3v) is 4.73.